The summed E-state index contributed by atoms with van der Waals surface area (Å²) in [4.78, 5) is 16.6. The zero-order chi connectivity index (χ0) is 20.1. The van der Waals surface area contributed by atoms with Crippen LogP contribution in [0.3, 0.4) is 0 Å². The van der Waals surface area contributed by atoms with E-state index in [1.807, 2.05) is 55.6 Å². The van der Waals surface area contributed by atoms with Crippen molar-refractivity contribution in [2.45, 2.75) is 25.4 Å². The number of nitrogens with one attached hydrogen (secondary N) is 1. The van der Waals surface area contributed by atoms with Gasteiger partial charge in [-0.15, -0.1) is 5.10 Å². The summed E-state index contributed by atoms with van der Waals surface area (Å²) in [5.74, 6) is 1.47. The molecule has 1 aromatic carbocycles. The first-order valence-corrected chi connectivity index (χ1v) is 9.75. The number of carbonyl (C=O) groups is 1. The number of amides is 2. The number of carbonyl (C=O) groups excluding carboxylic acids is 1. The molecule has 0 unspecified atom stereocenters. The lowest BCUT2D eigenvalue weighted by atomic mass is 10.0. The van der Waals surface area contributed by atoms with Crippen molar-refractivity contribution in [3.63, 3.8) is 0 Å². The third-order valence-electron chi connectivity index (χ3n) is 5.19. The van der Waals surface area contributed by atoms with E-state index in [9.17, 15) is 4.79 Å². The number of aromatic nitrogens is 3. The van der Waals surface area contributed by atoms with Crippen molar-refractivity contribution >= 4 is 11.8 Å². The summed E-state index contributed by atoms with van der Waals surface area (Å²) in [6.45, 7) is 1.96. The summed E-state index contributed by atoms with van der Waals surface area (Å²) in [6, 6.07) is 15.5. The fourth-order valence-electron chi connectivity index (χ4n) is 3.54. The van der Waals surface area contributed by atoms with E-state index in [4.69, 9.17) is 4.52 Å². The number of piperidine rings is 1. The molecule has 8 nitrogen and oxygen atoms in total. The van der Waals surface area contributed by atoms with Gasteiger partial charge in [0.05, 0.1) is 12.6 Å². The van der Waals surface area contributed by atoms with E-state index in [0.29, 0.717) is 12.3 Å². The highest BCUT2D eigenvalue weighted by Crippen LogP contribution is 2.20. The van der Waals surface area contributed by atoms with Crippen LogP contribution in [0.1, 0.15) is 18.6 Å². The summed E-state index contributed by atoms with van der Waals surface area (Å²) in [6.07, 6.45) is 3.62. The van der Waals surface area contributed by atoms with Gasteiger partial charge in [-0.05, 0) is 25.0 Å². The lowest BCUT2D eigenvalue weighted by Crippen LogP contribution is -2.51. The minimum Gasteiger partial charge on any atom is -0.359 e. The highest BCUT2D eigenvalue weighted by Gasteiger charge is 2.27. The Hall–Kier alpha value is -3.42. The molecule has 1 N–H and O–H groups in total. The van der Waals surface area contributed by atoms with Crippen LogP contribution >= 0.6 is 0 Å². The molecule has 1 aliphatic heterocycles. The normalized spacial score (nSPS) is 16.4. The zero-order valence-corrected chi connectivity index (χ0v) is 16.4. The van der Waals surface area contributed by atoms with E-state index >= 15 is 0 Å². The number of nitrogens with zero attached hydrogens (tertiary/aromatic N) is 5. The van der Waals surface area contributed by atoms with Crippen molar-refractivity contribution in [3.05, 3.63) is 60.5 Å². The Morgan fingerprint density at radius 2 is 2.14 bits per heavy atom. The number of benzene rings is 1. The summed E-state index contributed by atoms with van der Waals surface area (Å²) >= 11 is 0. The lowest BCUT2D eigenvalue weighted by molar-refractivity contribution is 0.181. The molecule has 1 atom stereocenters. The second-order valence-corrected chi connectivity index (χ2v) is 7.14. The van der Waals surface area contributed by atoms with Gasteiger partial charge in [-0.25, -0.2) is 4.79 Å². The molecule has 150 valence electrons. The van der Waals surface area contributed by atoms with Crippen LogP contribution in [0.2, 0.25) is 0 Å². The molecule has 3 heterocycles. The van der Waals surface area contributed by atoms with Crippen LogP contribution in [0.5, 0.6) is 0 Å². The highest BCUT2D eigenvalue weighted by atomic mass is 16.5. The van der Waals surface area contributed by atoms with Crippen LogP contribution in [0.4, 0.5) is 10.6 Å². The number of urea groups is 1. The maximum atomic E-state index is 12.6. The maximum absolute atomic E-state index is 12.6. The third-order valence-corrected chi connectivity index (χ3v) is 5.19. The van der Waals surface area contributed by atoms with Gasteiger partial charge in [0.2, 0.25) is 0 Å². The minimum absolute atomic E-state index is 0.111. The van der Waals surface area contributed by atoms with Gasteiger partial charge < -0.3 is 19.6 Å². The maximum Gasteiger partial charge on any atom is 0.317 e. The van der Waals surface area contributed by atoms with Gasteiger partial charge in [0.25, 0.3) is 0 Å². The molecule has 0 radical (unpaired) electrons. The van der Waals surface area contributed by atoms with E-state index in [1.165, 1.54) is 0 Å². The molecule has 0 saturated carbocycles. The molecule has 2 aromatic heterocycles. The van der Waals surface area contributed by atoms with Crippen LogP contribution < -0.4 is 10.2 Å². The van der Waals surface area contributed by atoms with Crippen molar-refractivity contribution in [3.8, 4) is 11.3 Å². The van der Waals surface area contributed by atoms with E-state index in [1.54, 1.807) is 11.1 Å². The summed E-state index contributed by atoms with van der Waals surface area (Å²) in [5.41, 5.74) is 1.74. The fourth-order valence-corrected chi connectivity index (χ4v) is 3.54. The Balaban J connectivity index is 1.32. The first kappa shape index (κ1) is 18.9. The summed E-state index contributed by atoms with van der Waals surface area (Å²) < 4.78 is 5.36. The SMILES string of the molecule is CN(C(=O)NCc1cc(-c2ccccc2)no1)[C@@H]1CCCN(c2cccnn2)C1. The predicted molar refractivity (Wildman–Crippen MR) is 109 cm³/mol. The highest BCUT2D eigenvalue weighted by molar-refractivity contribution is 5.74. The van der Waals surface area contributed by atoms with Crippen LogP contribution in [0, 0.1) is 0 Å². The molecule has 29 heavy (non-hydrogen) atoms. The zero-order valence-electron chi connectivity index (χ0n) is 16.4. The Labute approximate surface area is 169 Å². The molecular formula is C21H24N6O2. The molecule has 1 fully saturated rings. The molecule has 4 rings (SSSR count). The van der Waals surface area contributed by atoms with Gasteiger partial charge in [0.15, 0.2) is 11.6 Å². The Kier molecular flexibility index (Phi) is 5.69. The molecule has 8 heteroatoms. The fraction of sp³-hybridized carbons (Fsp3) is 0.333. The molecule has 0 aliphatic carbocycles. The third kappa shape index (κ3) is 4.53. The average Bonchev–Trinajstić information content (AvgIpc) is 3.27. The number of anilines is 1. The van der Waals surface area contributed by atoms with Gasteiger partial charge in [0, 0.05) is 38.0 Å². The van der Waals surface area contributed by atoms with Crippen LogP contribution in [0.15, 0.2) is 59.3 Å². The van der Waals surface area contributed by atoms with Crippen molar-refractivity contribution in [1.82, 2.24) is 25.6 Å². The van der Waals surface area contributed by atoms with E-state index in [-0.39, 0.29) is 12.1 Å². The minimum atomic E-state index is -0.131. The number of hydrogen-bond donors (Lipinski definition) is 1. The van der Waals surface area contributed by atoms with E-state index in [0.717, 1.165) is 43.0 Å². The number of likely N-dealkylation sites (N-methyl/N-ethyl adjacent to an activating group) is 1. The molecule has 2 amide bonds. The van der Waals surface area contributed by atoms with Gasteiger partial charge in [-0.3, -0.25) is 0 Å². The van der Waals surface area contributed by atoms with Gasteiger partial charge >= 0.3 is 6.03 Å². The molecule has 1 aliphatic rings. The van der Waals surface area contributed by atoms with Crippen molar-refractivity contribution < 1.29 is 9.32 Å². The Morgan fingerprint density at radius 1 is 1.28 bits per heavy atom. The molecule has 3 aromatic rings. The molecular weight excluding hydrogens is 368 g/mol. The number of hydrogen-bond acceptors (Lipinski definition) is 6. The monoisotopic (exact) mass is 392 g/mol. The lowest BCUT2D eigenvalue weighted by Gasteiger charge is -2.37. The molecule has 1 saturated heterocycles. The van der Waals surface area contributed by atoms with E-state index in [2.05, 4.69) is 25.6 Å². The van der Waals surface area contributed by atoms with E-state index < -0.39 is 0 Å². The first-order chi connectivity index (χ1) is 14.2. The Morgan fingerprint density at radius 3 is 2.93 bits per heavy atom. The standard InChI is InChI=1S/C21H24N6O2/c1-26(17-9-6-12-27(15-17)20-10-5-11-23-24-20)21(28)22-14-18-13-19(25-29-18)16-7-3-2-4-8-16/h2-5,7-8,10-11,13,17H,6,9,12,14-15H2,1H3,(H,22,28)/t17-/m1/s1. The van der Waals surface area contributed by atoms with Gasteiger partial charge in [-0.2, -0.15) is 5.10 Å². The van der Waals surface area contributed by atoms with Crippen molar-refractivity contribution in [2.75, 3.05) is 25.0 Å². The quantitative estimate of drug-likeness (QED) is 0.718. The average molecular weight is 392 g/mol. The smallest absolute Gasteiger partial charge is 0.317 e. The first-order valence-electron chi connectivity index (χ1n) is 9.75. The van der Waals surface area contributed by atoms with Crippen LogP contribution in [0.25, 0.3) is 11.3 Å². The van der Waals surface area contributed by atoms with Gasteiger partial charge in [-0.1, -0.05) is 35.5 Å². The second kappa shape index (κ2) is 8.72. The molecule has 0 bridgehead atoms. The predicted octanol–water partition coefficient (Wildman–Crippen LogP) is 2.94. The van der Waals surface area contributed by atoms with Crippen molar-refractivity contribution in [1.29, 1.82) is 0 Å². The van der Waals surface area contributed by atoms with Gasteiger partial charge in [0.1, 0.15) is 5.69 Å². The summed E-state index contributed by atoms with van der Waals surface area (Å²) in [7, 11) is 1.83. The topological polar surface area (TPSA) is 87.4 Å². The van der Waals surface area contributed by atoms with Crippen LogP contribution in [-0.4, -0.2) is 52.5 Å². The Bertz CT molecular complexity index is 931. The second-order valence-electron chi connectivity index (χ2n) is 7.14. The number of rotatable bonds is 5. The van der Waals surface area contributed by atoms with Crippen molar-refractivity contribution in [2.24, 2.45) is 0 Å². The summed E-state index contributed by atoms with van der Waals surface area (Å²) in [5, 5.41) is 15.1. The largest absolute Gasteiger partial charge is 0.359 e. The molecule has 0 spiro atoms. The van der Waals surface area contributed by atoms with Crippen LogP contribution in [-0.2, 0) is 6.54 Å².